The van der Waals surface area contributed by atoms with Crippen LogP contribution < -0.4 is 10.1 Å². The third kappa shape index (κ3) is 3.58. The fraction of sp³-hybridized carbons (Fsp3) is 0.438. The zero-order valence-electron chi connectivity index (χ0n) is 12.6. The Balaban J connectivity index is 2.23. The van der Waals surface area contributed by atoms with Crippen molar-refractivity contribution in [2.75, 3.05) is 7.11 Å². The van der Waals surface area contributed by atoms with Crippen LogP contribution in [0, 0.1) is 0 Å². The molecule has 0 aliphatic heterocycles. The average molecular weight is 290 g/mol. The van der Waals surface area contributed by atoms with Crippen LogP contribution in [0.3, 0.4) is 0 Å². The Morgan fingerprint density at radius 2 is 1.95 bits per heavy atom. The number of methoxy groups -OCH3 is 1. The zero-order chi connectivity index (χ0) is 14.5. The summed E-state index contributed by atoms with van der Waals surface area (Å²) in [5.41, 5.74) is 2.36. The van der Waals surface area contributed by atoms with E-state index in [4.69, 9.17) is 9.72 Å². The van der Waals surface area contributed by atoms with Crippen LogP contribution in [0.2, 0.25) is 0 Å². The number of hydrogen-bond donors (Lipinski definition) is 1. The van der Waals surface area contributed by atoms with Crippen LogP contribution >= 0.6 is 11.3 Å². The molecular weight excluding hydrogens is 268 g/mol. The summed E-state index contributed by atoms with van der Waals surface area (Å²) in [5, 5.41) is 4.56. The molecule has 0 unspecified atom stereocenters. The molecule has 0 radical (unpaired) electrons. The molecule has 0 atom stereocenters. The quantitative estimate of drug-likeness (QED) is 0.876. The highest BCUT2D eigenvalue weighted by Gasteiger charge is 2.11. The molecule has 0 fully saturated rings. The van der Waals surface area contributed by atoms with Gasteiger partial charge in [0.05, 0.1) is 12.8 Å². The Labute approximate surface area is 125 Å². The van der Waals surface area contributed by atoms with E-state index >= 15 is 0 Å². The first kappa shape index (κ1) is 15.0. The molecule has 0 bridgehead atoms. The van der Waals surface area contributed by atoms with E-state index in [1.165, 1.54) is 10.6 Å². The largest absolute Gasteiger partial charge is 0.497 e. The van der Waals surface area contributed by atoms with E-state index in [0.29, 0.717) is 6.04 Å². The van der Waals surface area contributed by atoms with Gasteiger partial charge in [-0.15, -0.1) is 11.3 Å². The highest BCUT2D eigenvalue weighted by atomic mass is 32.1. The van der Waals surface area contributed by atoms with E-state index in [-0.39, 0.29) is 0 Å². The van der Waals surface area contributed by atoms with Crippen molar-refractivity contribution < 1.29 is 4.74 Å². The highest BCUT2D eigenvalue weighted by Crippen LogP contribution is 2.29. The predicted molar refractivity (Wildman–Crippen MR) is 85.5 cm³/mol. The van der Waals surface area contributed by atoms with Crippen molar-refractivity contribution in [2.45, 2.75) is 39.8 Å². The lowest BCUT2D eigenvalue weighted by molar-refractivity contribution is 0.415. The van der Waals surface area contributed by atoms with E-state index in [1.807, 2.05) is 12.1 Å². The van der Waals surface area contributed by atoms with Crippen molar-refractivity contribution >= 4 is 11.3 Å². The van der Waals surface area contributed by atoms with Crippen molar-refractivity contribution in [3.8, 4) is 16.3 Å². The summed E-state index contributed by atoms with van der Waals surface area (Å²) in [5.74, 6) is 0.878. The first-order valence-corrected chi connectivity index (χ1v) is 7.82. The molecule has 20 heavy (non-hydrogen) atoms. The summed E-state index contributed by atoms with van der Waals surface area (Å²) in [6.45, 7) is 7.38. The minimum Gasteiger partial charge on any atom is -0.497 e. The number of nitrogens with one attached hydrogen (secondary N) is 1. The van der Waals surface area contributed by atoms with Gasteiger partial charge in [0.15, 0.2) is 0 Å². The van der Waals surface area contributed by atoms with E-state index in [9.17, 15) is 0 Å². The fourth-order valence-electron chi connectivity index (χ4n) is 1.95. The van der Waals surface area contributed by atoms with Crippen LogP contribution in [0.1, 0.15) is 31.3 Å². The number of thiazole rings is 1. The first-order chi connectivity index (χ1) is 9.63. The standard InChI is InChI=1S/C16H22N2OS/c1-5-14-15(10-17-11(2)3)20-16(18-14)12-6-8-13(19-4)9-7-12/h6-9,11,17H,5,10H2,1-4H3. The number of benzene rings is 1. The van der Waals surface area contributed by atoms with Gasteiger partial charge in [0, 0.05) is 23.0 Å². The first-order valence-electron chi connectivity index (χ1n) is 7.00. The van der Waals surface area contributed by atoms with Gasteiger partial charge in [-0.1, -0.05) is 20.8 Å². The van der Waals surface area contributed by atoms with Gasteiger partial charge in [-0.3, -0.25) is 0 Å². The molecule has 1 N–H and O–H groups in total. The number of ether oxygens (including phenoxy) is 1. The summed E-state index contributed by atoms with van der Waals surface area (Å²) in [6, 6.07) is 8.59. The van der Waals surface area contributed by atoms with Crippen LogP contribution in [-0.4, -0.2) is 18.1 Å². The molecule has 1 heterocycles. The minimum absolute atomic E-state index is 0.492. The van der Waals surface area contributed by atoms with Gasteiger partial charge >= 0.3 is 0 Å². The summed E-state index contributed by atoms with van der Waals surface area (Å²) < 4.78 is 5.19. The van der Waals surface area contributed by atoms with Gasteiger partial charge < -0.3 is 10.1 Å². The SMILES string of the molecule is CCc1nc(-c2ccc(OC)cc2)sc1CNC(C)C. The third-order valence-electron chi connectivity index (χ3n) is 3.12. The molecule has 2 rings (SSSR count). The maximum atomic E-state index is 5.19. The molecule has 1 aromatic carbocycles. The minimum atomic E-state index is 0.492. The van der Waals surface area contributed by atoms with E-state index in [2.05, 4.69) is 38.2 Å². The second-order valence-electron chi connectivity index (χ2n) is 5.01. The highest BCUT2D eigenvalue weighted by molar-refractivity contribution is 7.15. The Morgan fingerprint density at radius 1 is 1.25 bits per heavy atom. The van der Waals surface area contributed by atoms with Crippen molar-refractivity contribution in [3.05, 3.63) is 34.8 Å². The maximum absolute atomic E-state index is 5.19. The number of aryl methyl sites for hydroxylation is 1. The van der Waals surface area contributed by atoms with Gasteiger partial charge in [0.25, 0.3) is 0 Å². The average Bonchev–Trinajstić information content (AvgIpc) is 2.88. The molecule has 0 aliphatic rings. The van der Waals surface area contributed by atoms with Crippen molar-refractivity contribution in [3.63, 3.8) is 0 Å². The summed E-state index contributed by atoms with van der Waals surface area (Å²) in [7, 11) is 1.68. The van der Waals surface area contributed by atoms with Gasteiger partial charge in [-0.2, -0.15) is 0 Å². The van der Waals surface area contributed by atoms with Crippen molar-refractivity contribution in [2.24, 2.45) is 0 Å². The third-order valence-corrected chi connectivity index (χ3v) is 4.27. The zero-order valence-corrected chi connectivity index (χ0v) is 13.4. The molecule has 0 saturated carbocycles. The Hall–Kier alpha value is -1.39. The molecule has 3 nitrogen and oxygen atoms in total. The van der Waals surface area contributed by atoms with Crippen LogP contribution in [-0.2, 0) is 13.0 Å². The Bertz CT molecular complexity index is 546. The smallest absolute Gasteiger partial charge is 0.123 e. The lowest BCUT2D eigenvalue weighted by Crippen LogP contribution is -2.21. The van der Waals surface area contributed by atoms with Crippen molar-refractivity contribution in [1.29, 1.82) is 0 Å². The lowest BCUT2D eigenvalue weighted by atomic mass is 10.2. The summed E-state index contributed by atoms with van der Waals surface area (Å²) >= 11 is 1.78. The monoisotopic (exact) mass is 290 g/mol. The number of nitrogens with zero attached hydrogens (tertiary/aromatic N) is 1. The van der Waals surface area contributed by atoms with E-state index in [0.717, 1.165) is 29.3 Å². The molecule has 0 aliphatic carbocycles. The Kier molecular flexibility index (Phi) is 5.15. The van der Waals surface area contributed by atoms with Gasteiger partial charge in [-0.25, -0.2) is 4.98 Å². The molecule has 2 aromatic rings. The molecule has 108 valence electrons. The Morgan fingerprint density at radius 3 is 2.50 bits per heavy atom. The number of aromatic nitrogens is 1. The summed E-state index contributed by atoms with van der Waals surface area (Å²) in [6.07, 6.45) is 0.974. The fourth-order valence-corrected chi connectivity index (χ4v) is 3.06. The van der Waals surface area contributed by atoms with Gasteiger partial charge in [0.2, 0.25) is 0 Å². The molecule has 0 amide bonds. The van der Waals surface area contributed by atoms with Gasteiger partial charge in [0.1, 0.15) is 10.8 Å². The van der Waals surface area contributed by atoms with E-state index < -0.39 is 0 Å². The van der Waals surface area contributed by atoms with Gasteiger partial charge in [-0.05, 0) is 30.7 Å². The maximum Gasteiger partial charge on any atom is 0.123 e. The molecule has 4 heteroatoms. The number of hydrogen-bond acceptors (Lipinski definition) is 4. The van der Waals surface area contributed by atoms with Crippen LogP contribution in [0.25, 0.3) is 10.6 Å². The van der Waals surface area contributed by atoms with Crippen molar-refractivity contribution in [1.82, 2.24) is 10.3 Å². The van der Waals surface area contributed by atoms with Crippen LogP contribution in [0.15, 0.2) is 24.3 Å². The predicted octanol–water partition coefficient (Wildman–Crippen LogP) is 3.88. The normalized spacial score (nSPS) is 11.1. The lowest BCUT2D eigenvalue weighted by Gasteiger charge is -2.06. The number of rotatable bonds is 6. The topological polar surface area (TPSA) is 34.1 Å². The molecule has 0 saturated heterocycles. The second kappa shape index (κ2) is 6.86. The second-order valence-corrected chi connectivity index (χ2v) is 6.09. The van der Waals surface area contributed by atoms with Crippen LogP contribution in [0.4, 0.5) is 0 Å². The van der Waals surface area contributed by atoms with E-state index in [1.54, 1.807) is 18.4 Å². The molecule has 1 aromatic heterocycles. The van der Waals surface area contributed by atoms with Crippen LogP contribution in [0.5, 0.6) is 5.75 Å². The summed E-state index contributed by atoms with van der Waals surface area (Å²) in [4.78, 5) is 6.11. The molecule has 0 spiro atoms. The molecular formula is C16H22N2OS.